The number of hydrogen-bond acceptors (Lipinski definition) is 4. The molecule has 0 fully saturated rings. The van der Waals surface area contributed by atoms with Crippen molar-refractivity contribution in [3.8, 4) is 0 Å². The van der Waals surface area contributed by atoms with Gasteiger partial charge in [-0.05, 0) is 56.5 Å². The van der Waals surface area contributed by atoms with Crippen molar-refractivity contribution in [1.29, 1.82) is 0 Å². The number of likely N-dealkylation sites (N-methyl/N-ethyl adjacent to an activating group) is 1. The number of halogens is 2. The van der Waals surface area contributed by atoms with E-state index in [0.717, 1.165) is 21.7 Å². The number of para-hydroxylation sites is 1. The lowest BCUT2D eigenvalue weighted by atomic mass is 10.1. The molecular formula is C23H29Cl2N3O4S. The minimum absolute atomic E-state index is 0.0539. The fourth-order valence-corrected chi connectivity index (χ4v) is 4.80. The molecule has 33 heavy (non-hydrogen) atoms. The second-order valence-electron chi connectivity index (χ2n) is 7.85. The Morgan fingerprint density at radius 2 is 1.67 bits per heavy atom. The normalized spacial score (nSPS) is 12.2. The lowest BCUT2D eigenvalue weighted by Crippen LogP contribution is -2.51. The molecule has 0 aliphatic rings. The van der Waals surface area contributed by atoms with Crippen molar-refractivity contribution in [2.24, 2.45) is 0 Å². The van der Waals surface area contributed by atoms with Crippen LogP contribution < -0.4 is 9.62 Å². The standard InChI is InChI=1S/C23H29Cl2N3O4S/c1-6-26-23(30)17(4)27(13-18-10-11-19(24)20(25)12-18)21(29)14-28(33(5,31)32)22-15(2)8-7-9-16(22)3/h7-12,17H,6,13-14H2,1-5H3,(H,26,30)/t17-/m0/s1. The van der Waals surface area contributed by atoms with E-state index in [0.29, 0.717) is 27.8 Å². The van der Waals surface area contributed by atoms with Crippen molar-refractivity contribution < 1.29 is 18.0 Å². The number of nitrogens with one attached hydrogen (secondary N) is 1. The summed E-state index contributed by atoms with van der Waals surface area (Å²) in [6.45, 7) is 6.96. The number of aryl methyl sites for hydroxylation is 2. The Kier molecular flexibility index (Phi) is 9.17. The van der Waals surface area contributed by atoms with Crippen molar-refractivity contribution in [1.82, 2.24) is 10.2 Å². The van der Waals surface area contributed by atoms with Gasteiger partial charge < -0.3 is 10.2 Å². The summed E-state index contributed by atoms with van der Waals surface area (Å²) in [5.41, 5.74) is 2.56. The van der Waals surface area contributed by atoms with Gasteiger partial charge in [-0.15, -0.1) is 0 Å². The summed E-state index contributed by atoms with van der Waals surface area (Å²) in [6, 6.07) is 9.49. The zero-order chi connectivity index (χ0) is 24.9. The van der Waals surface area contributed by atoms with Crippen LogP contribution >= 0.6 is 23.2 Å². The number of hydrogen-bond donors (Lipinski definition) is 1. The maximum Gasteiger partial charge on any atom is 0.244 e. The van der Waals surface area contributed by atoms with Gasteiger partial charge in [0.25, 0.3) is 0 Å². The van der Waals surface area contributed by atoms with Gasteiger partial charge in [0, 0.05) is 13.1 Å². The lowest BCUT2D eigenvalue weighted by Gasteiger charge is -2.32. The molecule has 0 unspecified atom stereocenters. The Hall–Kier alpha value is -2.29. The van der Waals surface area contributed by atoms with Crippen LogP contribution in [0.4, 0.5) is 5.69 Å². The molecule has 0 saturated heterocycles. The molecule has 180 valence electrons. The average Bonchev–Trinajstić information content (AvgIpc) is 2.72. The minimum atomic E-state index is -3.79. The van der Waals surface area contributed by atoms with Gasteiger partial charge in [0.1, 0.15) is 12.6 Å². The fraction of sp³-hybridized carbons (Fsp3) is 0.391. The van der Waals surface area contributed by atoms with E-state index in [1.54, 1.807) is 58.0 Å². The van der Waals surface area contributed by atoms with Crippen LogP contribution in [0.25, 0.3) is 0 Å². The molecule has 10 heteroatoms. The zero-order valence-electron chi connectivity index (χ0n) is 19.4. The molecule has 2 aromatic carbocycles. The summed E-state index contributed by atoms with van der Waals surface area (Å²) in [5, 5.41) is 3.40. The number of anilines is 1. The summed E-state index contributed by atoms with van der Waals surface area (Å²) < 4.78 is 26.5. The topological polar surface area (TPSA) is 86.8 Å². The first kappa shape index (κ1) is 27.0. The van der Waals surface area contributed by atoms with Crippen molar-refractivity contribution in [3.63, 3.8) is 0 Å². The monoisotopic (exact) mass is 513 g/mol. The maximum atomic E-state index is 13.5. The molecule has 2 aromatic rings. The van der Waals surface area contributed by atoms with Crippen LogP contribution in [0.15, 0.2) is 36.4 Å². The van der Waals surface area contributed by atoms with Crippen molar-refractivity contribution in [2.45, 2.75) is 40.3 Å². The largest absolute Gasteiger partial charge is 0.355 e. The van der Waals surface area contributed by atoms with Gasteiger partial charge in [-0.25, -0.2) is 8.42 Å². The fourth-order valence-electron chi connectivity index (χ4n) is 3.51. The first-order valence-electron chi connectivity index (χ1n) is 10.4. The predicted molar refractivity (Wildman–Crippen MR) is 133 cm³/mol. The lowest BCUT2D eigenvalue weighted by molar-refractivity contribution is -0.139. The van der Waals surface area contributed by atoms with Crippen LogP contribution in [0.1, 0.15) is 30.5 Å². The van der Waals surface area contributed by atoms with E-state index in [4.69, 9.17) is 23.2 Å². The molecule has 0 bridgehead atoms. The van der Waals surface area contributed by atoms with Crippen molar-refractivity contribution in [2.75, 3.05) is 23.7 Å². The van der Waals surface area contributed by atoms with E-state index in [2.05, 4.69) is 5.32 Å². The number of carbonyl (C=O) groups is 2. The Balaban J connectivity index is 2.46. The molecular weight excluding hydrogens is 485 g/mol. The maximum absolute atomic E-state index is 13.5. The molecule has 7 nitrogen and oxygen atoms in total. The first-order chi connectivity index (χ1) is 15.4. The highest BCUT2D eigenvalue weighted by Crippen LogP contribution is 2.28. The second kappa shape index (κ2) is 11.2. The van der Waals surface area contributed by atoms with Crippen LogP contribution in [0, 0.1) is 13.8 Å². The van der Waals surface area contributed by atoms with Crippen LogP contribution in [0.2, 0.25) is 10.0 Å². The summed E-state index contributed by atoms with van der Waals surface area (Å²) in [5.74, 6) is -0.864. The van der Waals surface area contributed by atoms with Crippen LogP contribution in [0.3, 0.4) is 0 Å². The molecule has 1 N–H and O–H groups in total. The first-order valence-corrected chi connectivity index (χ1v) is 13.0. The Morgan fingerprint density at radius 1 is 1.06 bits per heavy atom. The smallest absolute Gasteiger partial charge is 0.244 e. The van der Waals surface area contributed by atoms with E-state index >= 15 is 0 Å². The molecule has 1 atom stereocenters. The number of nitrogens with zero attached hydrogens (tertiary/aromatic N) is 2. The van der Waals surface area contributed by atoms with E-state index in [9.17, 15) is 18.0 Å². The van der Waals surface area contributed by atoms with Crippen LogP contribution in [-0.2, 0) is 26.2 Å². The highest BCUT2D eigenvalue weighted by atomic mass is 35.5. The molecule has 2 amide bonds. The predicted octanol–water partition coefficient (Wildman–Crippen LogP) is 3.93. The van der Waals surface area contributed by atoms with Crippen LogP contribution in [-0.4, -0.2) is 50.5 Å². The van der Waals surface area contributed by atoms with Crippen LogP contribution in [0.5, 0.6) is 0 Å². The molecule has 0 spiro atoms. The highest BCUT2D eigenvalue weighted by molar-refractivity contribution is 7.92. The minimum Gasteiger partial charge on any atom is -0.355 e. The van der Waals surface area contributed by atoms with Gasteiger partial charge in [-0.1, -0.05) is 47.5 Å². The van der Waals surface area contributed by atoms with E-state index in [1.807, 2.05) is 6.07 Å². The Morgan fingerprint density at radius 3 is 2.18 bits per heavy atom. The van der Waals surface area contributed by atoms with Gasteiger partial charge in [0.05, 0.1) is 22.0 Å². The third-order valence-corrected chi connectivity index (χ3v) is 7.07. The van der Waals surface area contributed by atoms with E-state index in [1.165, 1.54) is 4.90 Å². The second-order valence-corrected chi connectivity index (χ2v) is 10.6. The number of benzene rings is 2. The summed E-state index contributed by atoms with van der Waals surface area (Å²) >= 11 is 12.1. The summed E-state index contributed by atoms with van der Waals surface area (Å²) in [7, 11) is -3.79. The molecule has 0 heterocycles. The average molecular weight is 514 g/mol. The van der Waals surface area contributed by atoms with Gasteiger partial charge in [0.15, 0.2) is 0 Å². The third kappa shape index (κ3) is 6.85. The van der Waals surface area contributed by atoms with Gasteiger partial charge in [-0.3, -0.25) is 13.9 Å². The number of carbonyl (C=O) groups excluding carboxylic acids is 2. The highest BCUT2D eigenvalue weighted by Gasteiger charge is 2.31. The van der Waals surface area contributed by atoms with Gasteiger partial charge >= 0.3 is 0 Å². The molecule has 0 aliphatic heterocycles. The Labute approximate surface area is 205 Å². The van der Waals surface area contributed by atoms with Crippen molar-refractivity contribution in [3.05, 3.63) is 63.1 Å². The number of rotatable bonds is 9. The molecule has 0 aliphatic carbocycles. The molecule has 2 rings (SSSR count). The number of amides is 2. The molecule has 0 saturated carbocycles. The van der Waals surface area contributed by atoms with E-state index < -0.39 is 28.5 Å². The van der Waals surface area contributed by atoms with Gasteiger partial charge in [0.2, 0.25) is 21.8 Å². The third-order valence-electron chi connectivity index (χ3n) is 5.22. The van der Waals surface area contributed by atoms with E-state index in [-0.39, 0.29) is 12.5 Å². The number of sulfonamides is 1. The van der Waals surface area contributed by atoms with Crippen molar-refractivity contribution >= 4 is 50.7 Å². The van der Waals surface area contributed by atoms with Gasteiger partial charge in [-0.2, -0.15) is 0 Å². The quantitative estimate of drug-likeness (QED) is 0.550. The zero-order valence-corrected chi connectivity index (χ0v) is 21.7. The molecule has 0 aromatic heterocycles. The summed E-state index contributed by atoms with van der Waals surface area (Å²) in [4.78, 5) is 27.4. The summed E-state index contributed by atoms with van der Waals surface area (Å²) in [6.07, 6.45) is 1.06. The Bertz CT molecular complexity index is 1120. The SMILES string of the molecule is CCNC(=O)[C@H](C)N(Cc1ccc(Cl)c(Cl)c1)C(=O)CN(c1c(C)cccc1C)S(C)(=O)=O. The molecule has 0 radical (unpaired) electrons.